The third-order valence-electron chi connectivity index (χ3n) is 3.78. The Morgan fingerprint density at radius 3 is 2.78 bits per heavy atom. The van der Waals surface area contributed by atoms with Crippen LogP contribution in [0.25, 0.3) is 0 Å². The maximum Gasteiger partial charge on any atom is 0.245 e. The summed E-state index contributed by atoms with van der Waals surface area (Å²) in [7, 11) is 4.10. The fraction of sp³-hybridized carbons (Fsp3) is 0.846. The van der Waals surface area contributed by atoms with Gasteiger partial charge in [-0.2, -0.15) is 0 Å². The Morgan fingerprint density at radius 2 is 2.06 bits per heavy atom. The normalized spacial score (nSPS) is 24.1. The van der Waals surface area contributed by atoms with Crippen molar-refractivity contribution in [1.29, 1.82) is 0 Å². The zero-order chi connectivity index (χ0) is 13.1. The third-order valence-corrected chi connectivity index (χ3v) is 3.78. The molecular weight excluding hydrogens is 230 g/mol. The molecule has 0 N–H and O–H groups in total. The van der Waals surface area contributed by atoms with E-state index in [4.69, 9.17) is 0 Å². The SMILES string of the molecule is CN(C)CCCCN1CC(=O)N2CCCC2C1=O. The van der Waals surface area contributed by atoms with Gasteiger partial charge < -0.3 is 14.7 Å². The molecule has 1 unspecified atom stereocenters. The number of rotatable bonds is 5. The Morgan fingerprint density at radius 1 is 1.28 bits per heavy atom. The molecule has 5 nitrogen and oxygen atoms in total. The molecule has 0 aromatic heterocycles. The van der Waals surface area contributed by atoms with Crippen LogP contribution in [0, 0.1) is 0 Å². The van der Waals surface area contributed by atoms with Crippen molar-refractivity contribution < 1.29 is 9.59 Å². The third kappa shape index (κ3) is 2.83. The molecule has 5 heteroatoms. The summed E-state index contributed by atoms with van der Waals surface area (Å²) in [6.07, 6.45) is 3.86. The van der Waals surface area contributed by atoms with Gasteiger partial charge in [0, 0.05) is 13.1 Å². The average molecular weight is 253 g/mol. The van der Waals surface area contributed by atoms with Gasteiger partial charge in [0.05, 0.1) is 6.54 Å². The van der Waals surface area contributed by atoms with E-state index in [1.807, 2.05) is 14.1 Å². The zero-order valence-electron chi connectivity index (χ0n) is 11.4. The quantitative estimate of drug-likeness (QED) is 0.656. The van der Waals surface area contributed by atoms with Gasteiger partial charge in [-0.25, -0.2) is 0 Å². The van der Waals surface area contributed by atoms with Gasteiger partial charge in [-0.15, -0.1) is 0 Å². The molecular formula is C13H23N3O2. The van der Waals surface area contributed by atoms with Crippen LogP contribution in [0.5, 0.6) is 0 Å². The van der Waals surface area contributed by atoms with Crippen molar-refractivity contribution in [3.05, 3.63) is 0 Å². The molecule has 2 aliphatic rings. The minimum atomic E-state index is -0.153. The highest BCUT2D eigenvalue weighted by Gasteiger charge is 2.41. The summed E-state index contributed by atoms with van der Waals surface area (Å²) in [6.45, 7) is 2.81. The van der Waals surface area contributed by atoms with Crippen LogP contribution in [-0.4, -0.2) is 72.8 Å². The molecule has 102 valence electrons. The maximum atomic E-state index is 12.2. The zero-order valence-corrected chi connectivity index (χ0v) is 11.4. The largest absolute Gasteiger partial charge is 0.332 e. The fourth-order valence-electron chi connectivity index (χ4n) is 2.78. The number of amides is 2. The van der Waals surface area contributed by atoms with E-state index in [1.165, 1.54) is 0 Å². The van der Waals surface area contributed by atoms with E-state index in [0.717, 1.165) is 45.3 Å². The van der Waals surface area contributed by atoms with Crippen molar-refractivity contribution in [2.45, 2.75) is 31.7 Å². The number of unbranched alkanes of at least 4 members (excludes halogenated alkanes) is 1. The number of hydrogen-bond donors (Lipinski definition) is 0. The lowest BCUT2D eigenvalue weighted by atomic mass is 10.1. The molecule has 2 heterocycles. The van der Waals surface area contributed by atoms with Gasteiger partial charge in [0.1, 0.15) is 6.04 Å². The van der Waals surface area contributed by atoms with Crippen molar-refractivity contribution in [1.82, 2.24) is 14.7 Å². The first-order chi connectivity index (χ1) is 8.59. The summed E-state index contributed by atoms with van der Waals surface area (Å²) in [5, 5.41) is 0. The van der Waals surface area contributed by atoms with Crippen molar-refractivity contribution in [3.63, 3.8) is 0 Å². The molecule has 2 rings (SSSR count). The lowest BCUT2D eigenvalue weighted by Crippen LogP contribution is -2.57. The molecule has 1 atom stereocenters. The van der Waals surface area contributed by atoms with Crippen LogP contribution >= 0.6 is 0 Å². The van der Waals surface area contributed by atoms with Gasteiger partial charge in [-0.3, -0.25) is 9.59 Å². The smallest absolute Gasteiger partial charge is 0.245 e. The fourth-order valence-corrected chi connectivity index (χ4v) is 2.78. The highest BCUT2D eigenvalue weighted by molar-refractivity contribution is 5.95. The molecule has 2 fully saturated rings. The Kier molecular flexibility index (Phi) is 4.22. The van der Waals surface area contributed by atoms with E-state index in [-0.39, 0.29) is 24.4 Å². The van der Waals surface area contributed by atoms with Gasteiger partial charge in [-0.05, 0) is 46.3 Å². The first-order valence-corrected chi connectivity index (χ1v) is 6.82. The molecule has 0 aromatic rings. The Balaban J connectivity index is 1.82. The molecule has 0 aliphatic carbocycles. The van der Waals surface area contributed by atoms with Crippen LogP contribution in [0.15, 0.2) is 0 Å². The van der Waals surface area contributed by atoms with E-state index in [1.54, 1.807) is 9.80 Å². The number of carbonyl (C=O) groups is 2. The predicted molar refractivity (Wildman–Crippen MR) is 69.1 cm³/mol. The minimum Gasteiger partial charge on any atom is -0.332 e. The van der Waals surface area contributed by atoms with E-state index in [2.05, 4.69) is 4.90 Å². The van der Waals surface area contributed by atoms with Gasteiger partial charge in [-0.1, -0.05) is 0 Å². The highest BCUT2D eigenvalue weighted by Crippen LogP contribution is 2.23. The van der Waals surface area contributed by atoms with Crippen LogP contribution in [-0.2, 0) is 9.59 Å². The first-order valence-electron chi connectivity index (χ1n) is 6.82. The molecule has 0 saturated carbocycles. The molecule has 2 amide bonds. The van der Waals surface area contributed by atoms with Crippen LogP contribution in [0.3, 0.4) is 0 Å². The van der Waals surface area contributed by atoms with E-state index in [0.29, 0.717) is 0 Å². The van der Waals surface area contributed by atoms with Crippen LogP contribution in [0.4, 0.5) is 0 Å². The summed E-state index contributed by atoms with van der Waals surface area (Å²) in [6, 6.07) is -0.153. The number of carbonyl (C=O) groups excluding carboxylic acids is 2. The van der Waals surface area contributed by atoms with Gasteiger partial charge >= 0.3 is 0 Å². The van der Waals surface area contributed by atoms with Crippen LogP contribution < -0.4 is 0 Å². The maximum absolute atomic E-state index is 12.2. The Bertz CT molecular complexity index is 330. The first kappa shape index (κ1) is 13.3. The Hall–Kier alpha value is -1.10. The van der Waals surface area contributed by atoms with Gasteiger partial charge in [0.25, 0.3) is 0 Å². The standard InChI is InChI=1S/C13H23N3O2/c1-14(2)7-3-4-8-15-10-12(17)16-9-5-6-11(16)13(15)18/h11H,3-10H2,1-2H3. The summed E-state index contributed by atoms with van der Waals surface area (Å²) in [4.78, 5) is 29.8. The van der Waals surface area contributed by atoms with Gasteiger partial charge in [0.15, 0.2) is 0 Å². The van der Waals surface area contributed by atoms with E-state index >= 15 is 0 Å². The molecule has 2 aliphatic heterocycles. The number of piperazine rings is 1. The van der Waals surface area contributed by atoms with Crippen molar-refractivity contribution in [2.75, 3.05) is 40.3 Å². The van der Waals surface area contributed by atoms with E-state index < -0.39 is 0 Å². The number of fused-ring (bicyclic) bond motifs is 1. The summed E-state index contributed by atoms with van der Waals surface area (Å²) in [5.41, 5.74) is 0. The summed E-state index contributed by atoms with van der Waals surface area (Å²) in [5.74, 6) is 0.293. The second-order valence-corrected chi connectivity index (χ2v) is 5.52. The molecule has 18 heavy (non-hydrogen) atoms. The lowest BCUT2D eigenvalue weighted by Gasteiger charge is -2.36. The molecule has 2 saturated heterocycles. The summed E-state index contributed by atoms with van der Waals surface area (Å²) >= 11 is 0. The monoisotopic (exact) mass is 253 g/mol. The van der Waals surface area contributed by atoms with Crippen LogP contribution in [0.2, 0.25) is 0 Å². The second-order valence-electron chi connectivity index (χ2n) is 5.52. The molecule has 0 bridgehead atoms. The lowest BCUT2D eigenvalue weighted by molar-refractivity contribution is -0.153. The predicted octanol–water partition coefficient (Wildman–Crippen LogP) is 0.161. The number of nitrogens with zero attached hydrogens (tertiary/aromatic N) is 3. The molecule has 0 radical (unpaired) electrons. The van der Waals surface area contributed by atoms with Crippen molar-refractivity contribution in [3.8, 4) is 0 Å². The van der Waals surface area contributed by atoms with Gasteiger partial charge in [0.2, 0.25) is 11.8 Å². The molecule has 0 spiro atoms. The van der Waals surface area contributed by atoms with E-state index in [9.17, 15) is 9.59 Å². The van der Waals surface area contributed by atoms with Crippen molar-refractivity contribution >= 4 is 11.8 Å². The minimum absolute atomic E-state index is 0.129. The summed E-state index contributed by atoms with van der Waals surface area (Å²) < 4.78 is 0. The second kappa shape index (κ2) is 5.69. The topological polar surface area (TPSA) is 43.9 Å². The average Bonchev–Trinajstić information content (AvgIpc) is 2.80. The Labute approximate surface area is 109 Å². The number of hydrogen-bond acceptors (Lipinski definition) is 3. The van der Waals surface area contributed by atoms with Crippen molar-refractivity contribution in [2.24, 2.45) is 0 Å². The highest BCUT2D eigenvalue weighted by atomic mass is 16.2. The molecule has 0 aromatic carbocycles. The van der Waals surface area contributed by atoms with Crippen LogP contribution in [0.1, 0.15) is 25.7 Å².